The molecule has 0 aliphatic carbocycles. The first kappa shape index (κ1) is 34.8. The van der Waals surface area contributed by atoms with Crippen molar-refractivity contribution in [3.8, 4) is 11.5 Å². The number of piperidine rings is 1. The van der Waals surface area contributed by atoms with E-state index in [0.717, 1.165) is 18.7 Å². The zero-order valence-corrected chi connectivity index (χ0v) is 28.5. The lowest BCUT2D eigenvalue weighted by atomic mass is 9.88. The highest BCUT2D eigenvalue weighted by Crippen LogP contribution is 2.39. The van der Waals surface area contributed by atoms with Crippen LogP contribution < -0.4 is 24.4 Å². The number of benzene rings is 2. The van der Waals surface area contributed by atoms with Crippen molar-refractivity contribution in [3.63, 3.8) is 0 Å². The zero-order valence-electron chi connectivity index (χ0n) is 26.9. The molecule has 2 fully saturated rings. The number of anilines is 1. The molecule has 2 atom stereocenters. The van der Waals surface area contributed by atoms with Gasteiger partial charge < -0.3 is 34.4 Å². The summed E-state index contributed by atoms with van der Waals surface area (Å²) in [6, 6.07) is 11.3. The lowest BCUT2D eigenvalue weighted by Crippen LogP contribution is -2.47. The fraction of sp³-hybridized carbons (Fsp3) is 0.613. The number of sulfonamides is 2. The van der Waals surface area contributed by atoms with Gasteiger partial charge in [-0.15, -0.1) is 0 Å². The molecular formula is C31H47N5O8S2. The quantitative estimate of drug-likeness (QED) is 0.246. The van der Waals surface area contributed by atoms with Gasteiger partial charge in [-0.2, -0.15) is 4.31 Å². The van der Waals surface area contributed by atoms with E-state index in [9.17, 15) is 21.9 Å². The molecule has 256 valence electrons. The number of hydrogen-bond donors (Lipinski definition) is 3. The molecule has 2 aromatic rings. The average molecular weight is 682 g/mol. The molecule has 0 saturated carbocycles. The van der Waals surface area contributed by atoms with E-state index in [1.807, 2.05) is 30.9 Å². The number of nitrogens with one attached hydrogen (secondary N) is 2. The van der Waals surface area contributed by atoms with Crippen molar-refractivity contribution in [2.24, 2.45) is 0 Å². The van der Waals surface area contributed by atoms with E-state index in [0.29, 0.717) is 70.2 Å². The van der Waals surface area contributed by atoms with E-state index >= 15 is 0 Å². The Balaban J connectivity index is 1.05. The summed E-state index contributed by atoms with van der Waals surface area (Å²) < 4.78 is 74.0. The second kappa shape index (κ2) is 14.7. The molecule has 46 heavy (non-hydrogen) atoms. The molecule has 0 aromatic heterocycles. The van der Waals surface area contributed by atoms with Gasteiger partial charge in [-0.1, -0.05) is 6.07 Å². The van der Waals surface area contributed by atoms with Crippen molar-refractivity contribution in [1.29, 1.82) is 0 Å². The van der Waals surface area contributed by atoms with Crippen molar-refractivity contribution in [1.82, 2.24) is 19.2 Å². The summed E-state index contributed by atoms with van der Waals surface area (Å²) in [5.41, 5.74) is 0.378. The Morgan fingerprint density at radius 1 is 1.09 bits per heavy atom. The Morgan fingerprint density at radius 2 is 1.87 bits per heavy atom. The maximum Gasteiger partial charge on any atom is 0.243 e. The zero-order chi connectivity index (χ0) is 33.0. The van der Waals surface area contributed by atoms with E-state index in [1.54, 1.807) is 30.3 Å². The van der Waals surface area contributed by atoms with E-state index < -0.39 is 31.8 Å². The van der Waals surface area contributed by atoms with E-state index in [2.05, 4.69) is 10.0 Å². The molecular weight excluding hydrogens is 635 g/mol. The molecule has 3 aliphatic heterocycles. The molecule has 13 nitrogen and oxygen atoms in total. The van der Waals surface area contributed by atoms with E-state index in [-0.39, 0.29) is 29.0 Å². The summed E-state index contributed by atoms with van der Waals surface area (Å²) in [6.07, 6.45) is 1.77. The van der Waals surface area contributed by atoms with Gasteiger partial charge in [0.2, 0.25) is 20.0 Å². The van der Waals surface area contributed by atoms with Crippen LogP contribution in [0, 0.1) is 0 Å². The van der Waals surface area contributed by atoms with Crippen LogP contribution >= 0.6 is 0 Å². The van der Waals surface area contributed by atoms with Crippen LogP contribution in [0.15, 0.2) is 52.3 Å². The molecule has 3 aliphatic rings. The number of fused-ring (bicyclic) bond motifs is 1. The van der Waals surface area contributed by atoms with Gasteiger partial charge in [-0.25, -0.2) is 21.6 Å². The predicted octanol–water partition coefficient (Wildman–Crippen LogP) is 1.09. The van der Waals surface area contributed by atoms with Crippen LogP contribution in [0.5, 0.6) is 11.5 Å². The van der Waals surface area contributed by atoms with Gasteiger partial charge in [0, 0.05) is 45.3 Å². The third kappa shape index (κ3) is 8.50. The average Bonchev–Trinajstić information content (AvgIpc) is 3.43. The predicted molar refractivity (Wildman–Crippen MR) is 175 cm³/mol. The largest absolute Gasteiger partial charge is 0.491 e. The van der Waals surface area contributed by atoms with Gasteiger partial charge in [-0.05, 0) is 76.7 Å². The summed E-state index contributed by atoms with van der Waals surface area (Å²) in [4.78, 5) is 4.37. The molecule has 2 aromatic carbocycles. The number of rotatable bonds is 14. The number of aliphatic hydroxyl groups is 1. The van der Waals surface area contributed by atoms with Crippen molar-refractivity contribution < 1.29 is 36.2 Å². The van der Waals surface area contributed by atoms with E-state index in [4.69, 9.17) is 14.2 Å². The van der Waals surface area contributed by atoms with Crippen molar-refractivity contribution >= 4 is 25.7 Å². The Morgan fingerprint density at radius 3 is 2.63 bits per heavy atom. The maximum absolute atomic E-state index is 13.5. The summed E-state index contributed by atoms with van der Waals surface area (Å²) in [5, 5.41) is 13.9. The van der Waals surface area contributed by atoms with Crippen molar-refractivity contribution in [3.05, 3.63) is 42.5 Å². The molecule has 0 radical (unpaired) electrons. The SMILES string of the molecule is CN(C)CCCNS(=O)(=O)c1cccc(OC[C@@H](O)CNC2COC3(CCN(S(=O)(=O)c4ccc5c(c4)N(C)CCO5)CC3)C2)c1. The van der Waals surface area contributed by atoms with Crippen LogP contribution in [-0.2, 0) is 24.8 Å². The molecule has 1 unspecified atom stereocenters. The smallest absolute Gasteiger partial charge is 0.243 e. The van der Waals surface area contributed by atoms with Gasteiger partial charge >= 0.3 is 0 Å². The molecule has 15 heteroatoms. The number of aliphatic hydroxyl groups excluding tert-OH is 1. The van der Waals surface area contributed by atoms with Crippen LogP contribution in [0.2, 0.25) is 0 Å². The molecule has 0 amide bonds. The lowest BCUT2D eigenvalue weighted by Gasteiger charge is -2.38. The number of nitrogens with zero attached hydrogens (tertiary/aromatic N) is 3. The first-order valence-corrected chi connectivity index (χ1v) is 18.7. The minimum absolute atomic E-state index is 0.0110. The van der Waals surface area contributed by atoms with Crippen LogP contribution in [0.4, 0.5) is 5.69 Å². The van der Waals surface area contributed by atoms with Crippen LogP contribution in [-0.4, -0.2) is 129 Å². The second-order valence-corrected chi connectivity index (χ2v) is 16.3. The molecule has 2 saturated heterocycles. The normalized spacial score (nSPS) is 20.9. The number of ether oxygens (including phenoxy) is 3. The third-order valence-electron chi connectivity index (χ3n) is 8.78. The Hall–Kier alpha value is -2.50. The number of hydrogen-bond acceptors (Lipinski definition) is 11. The molecule has 0 bridgehead atoms. The molecule has 5 rings (SSSR count). The standard InChI is InChI=1S/C31H47N5O8S2/c1-34(2)13-5-12-33-45(38,39)27-7-4-6-26(18-27)43-23-25(37)21-32-24-20-31(44-22-24)10-14-36(15-11-31)46(40,41)28-8-9-30-29(19-28)35(3)16-17-42-30/h4,6-9,18-19,24-25,32-33,37H,5,10-17,20-23H2,1-3H3/t24?,25-/m0/s1. The first-order valence-electron chi connectivity index (χ1n) is 15.8. The Kier molecular flexibility index (Phi) is 11.1. The summed E-state index contributed by atoms with van der Waals surface area (Å²) in [5.74, 6) is 1.05. The van der Waals surface area contributed by atoms with Crippen molar-refractivity contribution in [2.45, 2.75) is 53.2 Å². The minimum atomic E-state index is -3.67. The van der Waals surface area contributed by atoms with Gasteiger partial charge in [0.15, 0.2) is 0 Å². The first-order chi connectivity index (χ1) is 21.9. The summed E-state index contributed by atoms with van der Waals surface area (Å²) in [6.45, 7) is 3.86. The van der Waals surface area contributed by atoms with E-state index in [1.165, 1.54) is 16.4 Å². The van der Waals surface area contributed by atoms with Gasteiger partial charge in [0.1, 0.15) is 30.8 Å². The summed E-state index contributed by atoms with van der Waals surface area (Å²) >= 11 is 0. The fourth-order valence-corrected chi connectivity index (χ4v) is 8.64. The third-order valence-corrected chi connectivity index (χ3v) is 12.1. The maximum atomic E-state index is 13.5. The van der Waals surface area contributed by atoms with Crippen LogP contribution in [0.1, 0.15) is 25.7 Å². The second-order valence-electron chi connectivity index (χ2n) is 12.6. The fourth-order valence-electron chi connectivity index (χ4n) is 6.07. The molecule has 3 N–H and O–H groups in total. The van der Waals surface area contributed by atoms with Gasteiger partial charge in [0.05, 0.1) is 34.2 Å². The van der Waals surface area contributed by atoms with Crippen molar-refractivity contribution in [2.75, 3.05) is 85.1 Å². The highest BCUT2D eigenvalue weighted by molar-refractivity contribution is 7.89. The minimum Gasteiger partial charge on any atom is -0.491 e. The van der Waals surface area contributed by atoms with Gasteiger partial charge in [0.25, 0.3) is 0 Å². The lowest BCUT2D eigenvalue weighted by molar-refractivity contribution is -0.0312. The topological polar surface area (TPSA) is 150 Å². The van der Waals surface area contributed by atoms with Crippen LogP contribution in [0.25, 0.3) is 0 Å². The summed E-state index contributed by atoms with van der Waals surface area (Å²) in [7, 11) is -1.52. The number of likely N-dealkylation sites (N-methyl/N-ethyl adjacent to an activating group) is 1. The van der Waals surface area contributed by atoms with Gasteiger partial charge in [-0.3, -0.25) is 0 Å². The Labute approximate surface area is 272 Å². The highest BCUT2D eigenvalue weighted by Gasteiger charge is 2.45. The molecule has 1 spiro atoms. The Bertz CT molecular complexity index is 1550. The molecule has 3 heterocycles. The monoisotopic (exact) mass is 681 g/mol. The van der Waals surface area contributed by atoms with Crippen LogP contribution in [0.3, 0.4) is 0 Å². The highest BCUT2D eigenvalue weighted by atomic mass is 32.2.